The van der Waals surface area contributed by atoms with Crippen LogP contribution in [0.4, 0.5) is 0 Å². The zero-order valence-corrected chi connectivity index (χ0v) is 10.8. The number of methoxy groups -OCH3 is 1. The Hall–Kier alpha value is -1.97. The van der Waals surface area contributed by atoms with E-state index in [0.29, 0.717) is 11.5 Å². The van der Waals surface area contributed by atoms with Gasteiger partial charge in [0.1, 0.15) is 11.5 Å². The minimum absolute atomic E-state index is 0.0640. The van der Waals surface area contributed by atoms with Gasteiger partial charge in [-0.2, -0.15) is 0 Å². The second-order valence-corrected chi connectivity index (χ2v) is 3.91. The minimum atomic E-state index is -0.986. The summed E-state index contributed by atoms with van der Waals surface area (Å²) in [6.07, 6.45) is 3.54. The van der Waals surface area contributed by atoms with E-state index in [1.807, 2.05) is 13.8 Å². The maximum atomic E-state index is 10.5. The lowest BCUT2D eigenvalue weighted by Gasteiger charge is -2.15. The second-order valence-electron chi connectivity index (χ2n) is 3.91. The molecule has 1 rings (SSSR count). The lowest BCUT2D eigenvalue weighted by atomic mass is 10.1. The number of carboxylic acid groups (broad SMARTS) is 1. The van der Waals surface area contributed by atoms with Crippen LogP contribution in [-0.2, 0) is 4.79 Å². The van der Waals surface area contributed by atoms with Crippen molar-refractivity contribution in [3.8, 4) is 11.5 Å². The van der Waals surface area contributed by atoms with E-state index in [4.69, 9.17) is 14.6 Å². The fraction of sp³-hybridized carbons (Fsp3) is 0.357. The first kappa shape index (κ1) is 14.1. The van der Waals surface area contributed by atoms with Crippen molar-refractivity contribution in [3.05, 3.63) is 29.8 Å². The van der Waals surface area contributed by atoms with Crippen LogP contribution in [0.3, 0.4) is 0 Å². The molecule has 18 heavy (non-hydrogen) atoms. The van der Waals surface area contributed by atoms with Crippen LogP contribution in [0, 0.1) is 0 Å². The molecule has 0 spiro atoms. The van der Waals surface area contributed by atoms with Gasteiger partial charge in [0, 0.05) is 17.7 Å². The van der Waals surface area contributed by atoms with Crippen molar-refractivity contribution in [2.45, 2.75) is 26.4 Å². The molecule has 1 N–H and O–H groups in total. The van der Waals surface area contributed by atoms with E-state index in [-0.39, 0.29) is 6.10 Å². The Morgan fingerprint density at radius 3 is 2.78 bits per heavy atom. The smallest absolute Gasteiger partial charge is 0.328 e. The molecule has 0 heterocycles. The molecule has 0 fully saturated rings. The number of hydrogen-bond acceptors (Lipinski definition) is 3. The summed E-state index contributed by atoms with van der Waals surface area (Å²) in [4.78, 5) is 10.5. The quantitative estimate of drug-likeness (QED) is 0.788. The summed E-state index contributed by atoms with van der Waals surface area (Å²) in [7, 11) is 1.58. The Balaban J connectivity index is 3.03. The van der Waals surface area contributed by atoms with Gasteiger partial charge in [0.05, 0.1) is 13.2 Å². The highest BCUT2D eigenvalue weighted by Crippen LogP contribution is 2.27. The number of hydrogen-bond donors (Lipinski definition) is 1. The number of rotatable bonds is 6. The van der Waals surface area contributed by atoms with Crippen LogP contribution < -0.4 is 9.47 Å². The van der Waals surface area contributed by atoms with E-state index in [0.717, 1.165) is 18.1 Å². The van der Waals surface area contributed by atoms with E-state index in [1.54, 1.807) is 25.3 Å². The maximum absolute atomic E-state index is 10.5. The Morgan fingerprint density at radius 2 is 2.22 bits per heavy atom. The Kier molecular flexibility index (Phi) is 5.24. The molecule has 1 atom stereocenters. The van der Waals surface area contributed by atoms with Gasteiger partial charge in [0.25, 0.3) is 0 Å². The molecule has 0 aliphatic carbocycles. The first-order valence-electron chi connectivity index (χ1n) is 5.82. The topological polar surface area (TPSA) is 55.8 Å². The Labute approximate surface area is 107 Å². The summed E-state index contributed by atoms with van der Waals surface area (Å²) in [6, 6.07) is 5.30. The van der Waals surface area contributed by atoms with Gasteiger partial charge in [-0.3, -0.25) is 0 Å². The van der Waals surface area contributed by atoms with Crippen LogP contribution in [0.5, 0.6) is 11.5 Å². The lowest BCUT2D eigenvalue weighted by molar-refractivity contribution is -0.131. The monoisotopic (exact) mass is 250 g/mol. The molecule has 0 aliphatic rings. The third-order valence-corrected chi connectivity index (χ3v) is 2.53. The highest BCUT2D eigenvalue weighted by Gasteiger charge is 2.07. The number of carboxylic acids is 1. The fourth-order valence-electron chi connectivity index (χ4n) is 1.34. The van der Waals surface area contributed by atoms with Crippen molar-refractivity contribution >= 4 is 12.0 Å². The van der Waals surface area contributed by atoms with E-state index >= 15 is 0 Å². The van der Waals surface area contributed by atoms with E-state index in [1.165, 1.54) is 6.08 Å². The lowest BCUT2D eigenvalue weighted by Crippen LogP contribution is -2.10. The van der Waals surface area contributed by atoms with Gasteiger partial charge in [-0.25, -0.2) is 4.79 Å². The third kappa shape index (κ3) is 4.13. The predicted molar refractivity (Wildman–Crippen MR) is 70.0 cm³/mol. The Morgan fingerprint density at radius 1 is 1.50 bits per heavy atom. The maximum Gasteiger partial charge on any atom is 0.328 e. The van der Waals surface area contributed by atoms with Gasteiger partial charge in [-0.15, -0.1) is 0 Å². The van der Waals surface area contributed by atoms with Crippen molar-refractivity contribution in [2.75, 3.05) is 7.11 Å². The normalized spacial score (nSPS) is 12.4. The first-order valence-corrected chi connectivity index (χ1v) is 5.82. The van der Waals surface area contributed by atoms with Gasteiger partial charge in [-0.05, 0) is 31.6 Å². The zero-order valence-electron chi connectivity index (χ0n) is 10.8. The molecular weight excluding hydrogens is 232 g/mol. The molecule has 0 radical (unpaired) electrons. The summed E-state index contributed by atoms with van der Waals surface area (Å²) in [5.41, 5.74) is 0.721. The standard InChI is InChI=1S/C14H18O4/c1-4-10(2)18-13-9-12(17-3)7-5-11(13)6-8-14(15)16/h5-10H,4H2,1-3H3,(H,15,16). The van der Waals surface area contributed by atoms with E-state index in [9.17, 15) is 4.79 Å². The van der Waals surface area contributed by atoms with Gasteiger partial charge in [0.15, 0.2) is 0 Å². The molecule has 0 aromatic heterocycles. The molecule has 1 aromatic rings. The van der Waals surface area contributed by atoms with Crippen LogP contribution in [0.1, 0.15) is 25.8 Å². The minimum Gasteiger partial charge on any atom is -0.497 e. The summed E-state index contributed by atoms with van der Waals surface area (Å²) in [5, 5.41) is 8.64. The highest BCUT2D eigenvalue weighted by atomic mass is 16.5. The van der Waals surface area contributed by atoms with Crippen molar-refractivity contribution in [2.24, 2.45) is 0 Å². The van der Waals surface area contributed by atoms with Crippen LogP contribution in [0.25, 0.3) is 6.08 Å². The second kappa shape index (κ2) is 6.69. The van der Waals surface area contributed by atoms with Crippen molar-refractivity contribution in [1.29, 1.82) is 0 Å². The molecule has 0 amide bonds. The molecule has 0 aliphatic heterocycles. The van der Waals surface area contributed by atoms with Gasteiger partial charge < -0.3 is 14.6 Å². The van der Waals surface area contributed by atoms with Crippen LogP contribution in [-0.4, -0.2) is 24.3 Å². The fourth-order valence-corrected chi connectivity index (χ4v) is 1.34. The third-order valence-electron chi connectivity index (χ3n) is 2.53. The van der Waals surface area contributed by atoms with Crippen LogP contribution in [0.2, 0.25) is 0 Å². The molecule has 0 saturated carbocycles. The predicted octanol–water partition coefficient (Wildman–Crippen LogP) is 2.97. The largest absolute Gasteiger partial charge is 0.497 e. The van der Waals surface area contributed by atoms with Gasteiger partial charge in [0.2, 0.25) is 0 Å². The van der Waals surface area contributed by atoms with Crippen molar-refractivity contribution in [3.63, 3.8) is 0 Å². The summed E-state index contributed by atoms with van der Waals surface area (Å²) >= 11 is 0. The molecule has 4 heteroatoms. The summed E-state index contributed by atoms with van der Waals surface area (Å²) in [5.74, 6) is 0.322. The SMILES string of the molecule is CCC(C)Oc1cc(OC)ccc1C=CC(=O)O. The molecular formula is C14H18O4. The Bertz CT molecular complexity index is 437. The molecule has 1 unspecified atom stereocenters. The average molecular weight is 250 g/mol. The van der Waals surface area contributed by atoms with E-state index in [2.05, 4.69) is 0 Å². The number of carbonyl (C=O) groups is 1. The number of ether oxygens (including phenoxy) is 2. The van der Waals surface area contributed by atoms with E-state index < -0.39 is 5.97 Å². The molecule has 4 nitrogen and oxygen atoms in total. The number of aliphatic carboxylic acids is 1. The summed E-state index contributed by atoms with van der Waals surface area (Å²) in [6.45, 7) is 3.99. The molecule has 1 aromatic carbocycles. The first-order chi connectivity index (χ1) is 8.56. The highest BCUT2D eigenvalue weighted by molar-refractivity contribution is 5.86. The zero-order chi connectivity index (χ0) is 13.5. The van der Waals surface area contributed by atoms with Crippen molar-refractivity contribution in [1.82, 2.24) is 0 Å². The number of benzene rings is 1. The van der Waals surface area contributed by atoms with Crippen molar-refractivity contribution < 1.29 is 19.4 Å². The molecule has 0 saturated heterocycles. The molecule has 98 valence electrons. The van der Waals surface area contributed by atoms with Gasteiger partial charge in [-0.1, -0.05) is 6.92 Å². The molecule has 0 bridgehead atoms. The van der Waals surface area contributed by atoms with Gasteiger partial charge >= 0.3 is 5.97 Å². The van der Waals surface area contributed by atoms with Crippen LogP contribution in [0.15, 0.2) is 24.3 Å². The van der Waals surface area contributed by atoms with Crippen LogP contribution >= 0.6 is 0 Å². The summed E-state index contributed by atoms with van der Waals surface area (Å²) < 4.78 is 10.9. The average Bonchev–Trinajstić information content (AvgIpc) is 2.36.